The van der Waals surface area contributed by atoms with E-state index < -0.39 is 0 Å². The maximum absolute atomic E-state index is 5.05. The van der Waals surface area contributed by atoms with Crippen molar-refractivity contribution in [3.05, 3.63) is 30.1 Å². The minimum Gasteiger partial charge on any atom is -0.495 e. The molecule has 1 aromatic heterocycles. The fraction of sp³-hybridized carbons (Fsp3) is 0.222. The first-order chi connectivity index (χ1) is 5.27. The minimum atomic E-state index is 0.815. The largest absolute Gasteiger partial charge is 0.495 e. The van der Waals surface area contributed by atoms with Crippen LogP contribution >= 0.6 is 0 Å². The van der Waals surface area contributed by atoms with Gasteiger partial charge in [0.2, 0.25) is 0 Å². The number of pyridine rings is 1. The summed E-state index contributed by atoms with van der Waals surface area (Å²) in [7, 11) is 1.64. The second kappa shape index (κ2) is 3.19. The van der Waals surface area contributed by atoms with Crippen LogP contribution in [0.4, 0.5) is 0 Å². The second-order valence-corrected chi connectivity index (χ2v) is 2.28. The van der Waals surface area contributed by atoms with Gasteiger partial charge in [-0.25, -0.2) is 0 Å². The van der Waals surface area contributed by atoms with Gasteiger partial charge in [-0.3, -0.25) is 4.98 Å². The Kier molecular flexibility index (Phi) is 2.26. The summed E-state index contributed by atoms with van der Waals surface area (Å²) in [5, 5.41) is 0. The van der Waals surface area contributed by atoms with Gasteiger partial charge in [-0.05, 0) is 24.6 Å². The Labute approximate surface area is 66.5 Å². The average Bonchev–Trinajstić information content (AvgIpc) is 2.04. The molecule has 1 heterocycles. The molecule has 0 aliphatic heterocycles. The number of ether oxygens (including phenoxy) is 1. The van der Waals surface area contributed by atoms with Gasteiger partial charge in [-0.15, -0.1) is 0 Å². The lowest BCUT2D eigenvalue weighted by Crippen LogP contribution is -1.89. The predicted octanol–water partition coefficient (Wildman–Crippen LogP) is 2.04. The van der Waals surface area contributed by atoms with Crippen LogP contribution in [0.1, 0.15) is 11.3 Å². The van der Waals surface area contributed by atoms with E-state index in [0.29, 0.717) is 0 Å². The summed E-state index contributed by atoms with van der Waals surface area (Å²) in [6.45, 7) is 5.60. The third-order valence-corrected chi connectivity index (χ3v) is 1.51. The van der Waals surface area contributed by atoms with E-state index >= 15 is 0 Å². The molecule has 2 nitrogen and oxygen atoms in total. The van der Waals surface area contributed by atoms with Crippen LogP contribution in [0.5, 0.6) is 5.75 Å². The quantitative estimate of drug-likeness (QED) is 0.642. The van der Waals surface area contributed by atoms with Gasteiger partial charge < -0.3 is 4.74 Å². The van der Waals surface area contributed by atoms with Crippen molar-refractivity contribution in [3.8, 4) is 5.75 Å². The molecule has 58 valence electrons. The van der Waals surface area contributed by atoms with Gasteiger partial charge in [0.15, 0.2) is 0 Å². The van der Waals surface area contributed by atoms with E-state index in [2.05, 4.69) is 11.6 Å². The minimum absolute atomic E-state index is 0.815. The summed E-state index contributed by atoms with van der Waals surface area (Å²) < 4.78 is 5.05. The van der Waals surface area contributed by atoms with Gasteiger partial charge in [-0.2, -0.15) is 0 Å². The highest BCUT2D eigenvalue weighted by Crippen LogP contribution is 2.15. The third-order valence-electron chi connectivity index (χ3n) is 1.51. The van der Waals surface area contributed by atoms with Crippen LogP contribution < -0.4 is 4.74 Å². The second-order valence-electron chi connectivity index (χ2n) is 2.28. The van der Waals surface area contributed by atoms with E-state index in [-0.39, 0.29) is 0 Å². The number of hydrogen-bond acceptors (Lipinski definition) is 2. The van der Waals surface area contributed by atoms with Crippen molar-refractivity contribution in [2.45, 2.75) is 6.92 Å². The van der Waals surface area contributed by atoms with Crippen LogP contribution in [-0.2, 0) is 0 Å². The monoisotopic (exact) mass is 149 g/mol. The lowest BCUT2D eigenvalue weighted by molar-refractivity contribution is 0.409. The number of aryl methyl sites for hydroxylation is 1. The Morgan fingerprint density at radius 2 is 2.36 bits per heavy atom. The standard InChI is InChI=1S/C9H11NO/c1-4-8-5-7(2)9(11-3)6-10-8/h4-6H,1H2,2-3H3. The van der Waals surface area contributed by atoms with Crippen molar-refractivity contribution in [2.24, 2.45) is 0 Å². The molecule has 0 fully saturated rings. The molecular formula is C9H11NO. The fourth-order valence-corrected chi connectivity index (χ4v) is 0.891. The molecule has 0 saturated carbocycles. The van der Waals surface area contributed by atoms with Crippen LogP contribution in [0, 0.1) is 6.92 Å². The predicted molar refractivity (Wildman–Crippen MR) is 45.6 cm³/mol. The van der Waals surface area contributed by atoms with Crippen LogP contribution in [0.2, 0.25) is 0 Å². The van der Waals surface area contributed by atoms with Crippen LogP contribution in [0.25, 0.3) is 6.08 Å². The Bertz CT molecular complexity index is 268. The van der Waals surface area contributed by atoms with Crippen molar-refractivity contribution in [2.75, 3.05) is 7.11 Å². The zero-order chi connectivity index (χ0) is 8.27. The molecule has 0 bridgehead atoms. The molecule has 0 unspecified atom stereocenters. The summed E-state index contributed by atoms with van der Waals surface area (Å²) in [6, 6.07) is 1.94. The molecule has 0 N–H and O–H groups in total. The summed E-state index contributed by atoms with van der Waals surface area (Å²) in [5.41, 5.74) is 1.96. The molecule has 1 rings (SSSR count). The molecule has 0 atom stereocenters. The molecule has 0 spiro atoms. The van der Waals surface area contributed by atoms with Crippen molar-refractivity contribution >= 4 is 6.08 Å². The highest BCUT2D eigenvalue weighted by molar-refractivity contribution is 5.45. The van der Waals surface area contributed by atoms with Gasteiger partial charge in [0.25, 0.3) is 0 Å². The molecule has 1 aromatic rings. The summed E-state index contributed by atoms with van der Waals surface area (Å²) in [4.78, 5) is 4.09. The van der Waals surface area contributed by atoms with E-state index in [1.54, 1.807) is 19.4 Å². The van der Waals surface area contributed by atoms with E-state index in [1.165, 1.54) is 0 Å². The lowest BCUT2D eigenvalue weighted by atomic mass is 10.2. The lowest BCUT2D eigenvalue weighted by Gasteiger charge is -2.02. The molecule has 0 amide bonds. The van der Waals surface area contributed by atoms with Gasteiger partial charge in [0.05, 0.1) is 19.0 Å². The van der Waals surface area contributed by atoms with Crippen molar-refractivity contribution < 1.29 is 4.74 Å². The summed E-state index contributed by atoms with van der Waals surface area (Å²) in [6.07, 6.45) is 3.42. The van der Waals surface area contributed by atoms with E-state index in [1.807, 2.05) is 13.0 Å². The summed E-state index contributed by atoms with van der Waals surface area (Å²) >= 11 is 0. The molecule has 0 radical (unpaired) electrons. The van der Waals surface area contributed by atoms with Gasteiger partial charge in [0, 0.05) is 0 Å². The van der Waals surface area contributed by atoms with Crippen molar-refractivity contribution in [3.63, 3.8) is 0 Å². The Morgan fingerprint density at radius 3 is 2.82 bits per heavy atom. The molecule has 2 heteroatoms. The maximum atomic E-state index is 5.05. The molecular weight excluding hydrogens is 138 g/mol. The first-order valence-corrected chi connectivity index (χ1v) is 3.41. The van der Waals surface area contributed by atoms with Gasteiger partial charge in [-0.1, -0.05) is 6.58 Å². The van der Waals surface area contributed by atoms with Crippen LogP contribution in [0.15, 0.2) is 18.8 Å². The van der Waals surface area contributed by atoms with E-state index in [9.17, 15) is 0 Å². The highest BCUT2D eigenvalue weighted by Gasteiger charge is 1.97. The topological polar surface area (TPSA) is 22.1 Å². The van der Waals surface area contributed by atoms with E-state index in [4.69, 9.17) is 4.74 Å². The van der Waals surface area contributed by atoms with Crippen LogP contribution in [-0.4, -0.2) is 12.1 Å². The number of rotatable bonds is 2. The third kappa shape index (κ3) is 1.58. The molecule has 11 heavy (non-hydrogen) atoms. The smallest absolute Gasteiger partial charge is 0.140 e. The molecule has 0 saturated heterocycles. The van der Waals surface area contributed by atoms with Crippen molar-refractivity contribution in [1.29, 1.82) is 0 Å². The number of methoxy groups -OCH3 is 1. The number of aromatic nitrogens is 1. The van der Waals surface area contributed by atoms with Crippen LogP contribution in [0.3, 0.4) is 0 Å². The normalized spacial score (nSPS) is 9.27. The average molecular weight is 149 g/mol. The molecule has 0 aliphatic rings. The first-order valence-electron chi connectivity index (χ1n) is 3.41. The highest BCUT2D eigenvalue weighted by atomic mass is 16.5. The molecule has 0 aromatic carbocycles. The Balaban J connectivity index is 3.09. The Morgan fingerprint density at radius 1 is 1.64 bits per heavy atom. The summed E-state index contributed by atoms with van der Waals surface area (Å²) in [5.74, 6) is 0.815. The molecule has 0 aliphatic carbocycles. The van der Waals surface area contributed by atoms with Gasteiger partial charge >= 0.3 is 0 Å². The first kappa shape index (κ1) is 7.79. The zero-order valence-corrected chi connectivity index (χ0v) is 6.79. The number of hydrogen-bond donors (Lipinski definition) is 0. The fourth-order valence-electron chi connectivity index (χ4n) is 0.891. The zero-order valence-electron chi connectivity index (χ0n) is 6.79. The van der Waals surface area contributed by atoms with E-state index in [0.717, 1.165) is 17.0 Å². The van der Waals surface area contributed by atoms with Crippen molar-refractivity contribution in [1.82, 2.24) is 4.98 Å². The Hall–Kier alpha value is -1.31. The maximum Gasteiger partial charge on any atom is 0.140 e. The SMILES string of the molecule is C=Cc1cc(C)c(OC)cn1. The van der Waals surface area contributed by atoms with Gasteiger partial charge in [0.1, 0.15) is 5.75 Å². The number of nitrogens with zero attached hydrogens (tertiary/aromatic N) is 1.